The van der Waals surface area contributed by atoms with Crippen molar-refractivity contribution in [1.82, 2.24) is 9.97 Å². The average Bonchev–Trinajstić information content (AvgIpc) is 2.80. The summed E-state index contributed by atoms with van der Waals surface area (Å²) in [7, 11) is 0. The Balaban J connectivity index is 1.86. The SMILES string of the molecule is Brc1cnc(N2CC3CC2CO3)cn1. The maximum atomic E-state index is 5.53. The minimum absolute atomic E-state index is 0.408. The van der Waals surface area contributed by atoms with Gasteiger partial charge in [-0.15, -0.1) is 0 Å². The molecule has 0 radical (unpaired) electrons. The molecule has 2 aliphatic rings. The number of halogens is 1. The van der Waals surface area contributed by atoms with Gasteiger partial charge in [-0.05, 0) is 22.4 Å². The predicted octanol–water partition coefficient (Wildman–Crippen LogP) is 1.22. The molecular weight excluding hydrogens is 246 g/mol. The van der Waals surface area contributed by atoms with Gasteiger partial charge in [0.2, 0.25) is 0 Å². The van der Waals surface area contributed by atoms with Gasteiger partial charge in [-0.25, -0.2) is 9.97 Å². The van der Waals surface area contributed by atoms with Crippen molar-refractivity contribution >= 4 is 21.7 Å². The van der Waals surface area contributed by atoms with Crippen LogP contribution in [0.2, 0.25) is 0 Å². The third kappa shape index (κ3) is 1.31. The number of morpholine rings is 1. The number of aromatic nitrogens is 2. The van der Waals surface area contributed by atoms with Crippen molar-refractivity contribution in [2.75, 3.05) is 18.1 Å². The van der Waals surface area contributed by atoms with Crippen LogP contribution in [0, 0.1) is 0 Å². The standard InChI is InChI=1S/C9H10BrN3O/c10-8-2-12-9(3-11-8)13-4-7-1-6(13)5-14-7/h2-3,6-7H,1,4-5H2. The molecule has 0 aliphatic carbocycles. The summed E-state index contributed by atoms with van der Waals surface area (Å²) in [6.07, 6.45) is 5.09. The van der Waals surface area contributed by atoms with Gasteiger partial charge in [-0.2, -0.15) is 0 Å². The van der Waals surface area contributed by atoms with E-state index < -0.39 is 0 Å². The summed E-state index contributed by atoms with van der Waals surface area (Å²) >= 11 is 3.28. The van der Waals surface area contributed by atoms with Crippen LogP contribution in [0.5, 0.6) is 0 Å². The molecule has 5 heteroatoms. The highest BCUT2D eigenvalue weighted by Gasteiger charge is 2.39. The Morgan fingerprint density at radius 3 is 2.93 bits per heavy atom. The lowest BCUT2D eigenvalue weighted by Gasteiger charge is -2.27. The summed E-state index contributed by atoms with van der Waals surface area (Å²) in [6, 6.07) is 0.510. The van der Waals surface area contributed by atoms with Crippen molar-refractivity contribution in [2.24, 2.45) is 0 Å². The summed E-state index contributed by atoms with van der Waals surface area (Å²) in [6.45, 7) is 1.80. The van der Waals surface area contributed by atoms with Gasteiger partial charge in [0, 0.05) is 6.54 Å². The third-order valence-electron chi connectivity index (χ3n) is 2.80. The first-order valence-electron chi connectivity index (χ1n) is 4.69. The van der Waals surface area contributed by atoms with Gasteiger partial charge >= 0.3 is 0 Å². The molecule has 2 aliphatic heterocycles. The molecule has 0 amide bonds. The van der Waals surface area contributed by atoms with Gasteiger partial charge in [-0.1, -0.05) is 0 Å². The first kappa shape index (κ1) is 8.61. The molecule has 1 aromatic heterocycles. The van der Waals surface area contributed by atoms with E-state index in [0.717, 1.165) is 30.0 Å². The molecule has 2 fully saturated rings. The molecule has 4 nitrogen and oxygen atoms in total. The van der Waals surface area contributed by atoms with Crippen LogP contribution >= 0.6 is 15.9 Å². The maximum Gasteiger partial charge on any atom is 0.147 e. The van der Waals surface area contributed by atoms with Crippen molar-refractivity contribution in [3.05, 3.63) is 17.0 Å². The van der Waals surface area contributed by atoms with Crippen molar-refractivity contribution in [2.45, 2.75) is 18.6 Å². The van der Waals surface area contributed by atoms with Crippen molar-refractivity contribution in [1.29, 1.82) is 0 Å². The lowest BCUT2D eigenvalue weighted by molar-refractivity contribution is 0.0988. The second kappa shape index (κ2) is 3.17. The van der Waals surface area contributed by atoms with Gasteiger partial charge in [0.15, 0.2) is 0 Å². The normalized spacial score (nSPS) is 29.9. The van der Waals surface area contributed by atoms with Crippen LogP contribution in [-0.4, -0.2) is 35.3 Å². The minimum Gasteiger partial charge on any atom is -0.374 e. The summed E-state index contributed by atoms with van der Waals surface area (Å²) in [4.78, 5) is 10.8. The molecule has 0 saturated carbocycles. The molecule has 3 rings (SSSR count). The summed E-state index contributed by atoms with van der Waals surface area (Å²) < 4.78 is 6.31. The number of anilines is 1. The first-order chi connectivity index (χ1) is 6.83. The van der Waals surface area contributed by atoms with Gasteiger partial charge < -0.3 is 9.64 Å². The highest BCUT2D eigenvalue weighted by molar-refractivity contribution is 9.10. The van der Waals surface area contributed by atoms with Gasteiger partial charge in [0.25, 0.3) is 0 Å². The largest absolute Gasteiger partial charge is 0.374 e. The fourth-order valence-electron chi connectivity index (χ4n) is 2.13. The zero-order valence-electron chi connectivity index (χ0n) is 7.56. The summed E-state index contributed by atoms with van der Waals surface area (Å²) in [5, 5.41) is 0. The number of hydrogen-bond donors (Lipinski definition) is 0. The van der Waals surface area contributed by atoms with Crippen LogP contribution in [0.25, 0.3) is 0 Å². The Labute approximate surface area is 90.4 Å². The fourth-order valence-corrected chi connectivity index (χ4v) is 2.34. The van der Waals surface area contributed by atoms with Crippen molar-refractivity contribution in [3.8, 4) is 0 Å². The molecule has 2 saturated heterocycles. The Morgan fingerprint density at radius 2 is 2.36 bits per heavy atom. The molecule has 0 N–H and O–H groups in total. The van der Waals surface area contributed by atoms with E-state index in [1.165, 1.54) is 0 Å². The van der Waals surface area contributed by atoms with Crippen LogP contribution in [0.3, 0.4) is 0 Å². The Kier molecular flexibility index (Phi) is 1.95. The summed E-state index contributed by atoms with van der Waals surface area (Å²) in [5.74, 6) is 0.962. The van der Waals surface area contributed by atoms with E-state index in [9.17, 15) is 0 Å². The van der Waals surface area contributed by atoms with Crippen LogP contribution in [0.1, 0.15) is 6.42 Å². The lowest BCUT2D eigenvalue weighted by Crippen LogP contribution is -2.37. The number of hydrogen-bond acceptors (Lipinski definition) is 4. The fraction of sp³-hybridized carbons (Fsp3) is 0.556. The van der Waals surface area contributed by atoms with Crippen LogP contribution in [0.4, 0.5) is 5.82 Å². The smallest absolute Gasteiger partial charge is 0.147 e. The zero-order chi connectivity index (χ0) is 9.54. The van der Waals surface area contributed by atoms with E-state index in [4.69, 9.17) is 4.74 Å². The Morgan fingerprint density at radius 1 is 1.43 bits per heavy atom. The third-order valence-corrected chi connectivity index (χ3v) is 3.21. The van der Waals surface area contributed by atoms with E-state index in [0.29, 0.717) is 12.1 Å². The number of nitrogens with zero attached hydrogens (tertiary/aromatic N) is 3. The monoisotopic (exact) mass is 255 g/mol. The minimum atomic E-state index is 0.408. The molecule has 2 atom stereocenters. The van der Waals surface area contributed by atoms with Crippen LogP contribution in [-0.2, 0) is 4.74 Å². The molecule has 2 unspecified atom stereocenters. The molecule has 0 aromatic carbocycles. The summed E-state index contributed by atoms with van der Waals surface area (Å²) in [5.41, 5.74) is 0. The molecule has 14 heavy (non-hydrogen) atoms. The number of rotatable bonds is 1. The highest BCUT2D eigenvalue weighted by atomic mass is 79.9. The predicted molar refractivity (Wildman–Crippen MR) is 55.2 cm³/mol. The van der Waals surface area contributed by atoms with Crippen molar-refractivity contribution < 1.29 is 4.74 Å². The Bertz CT molecular complexity index is 342. The number of ether oxygens (including phenoxy) is 1. The molecule has 3 heterocycles. The number of fused-ring (bicyclic) bond motifs is 2. The Hall–Kier alpha value is -0.680. The topological polar surface area (TPSA) is 38.2 Å². The van der Waals surface area contributed by atoms with Gasteiger partial charge in [0.1, 0.15) is 10.4 Å². The second-order valence-electron chi connectivity index (χ2n) is 3.69. The van der Waals surface area contributed by atoms with Crippen LogP contribution < -0.4 is 4.90 Å². The van der Waals surface area contributed by atoms with E-state index in [2.05, 4.69) is 30.8 Å². The average molecular weight is 256 g/mol. The highest BCUT2D eigenvalue weighted by Crippen LogP contribution is 2.30. The van der Waals surface area contributed by atoms with Crippen molar-refractivity contribution in [3.63, 3.8) is 0 Å². The lowest BCUT2D eigenvalue weighted by atomic mass is 10.2. The van der Waals surface area contributed by atoms with E-state index in [1.807, 2.05) is 6.20 Å². The second-order valence-corrected chi connectivity index (χ2v) is 4.51. The molecule has 2 bridgehead atoms. The maximum absolute atomic E-state index is 5.53. The zero-order valence-corrected chi connectivity index (χ0v) is 9.14. The molecule has 74 valence electrons. The molecule has 1 aromatic rings. The van der Waals surface area contributed by atoms with E-state index >= 15 is 0 Å². The van der Waals surface area contributed by atoms with Gasteiger partial charge in [-0.3, -0.25) is 0 Å². The van der Waals surface area contributed by atoms with E-state index in [1.54, 1.807) is 6.20 Å². The quantitative estimate of drug-likeness (QED) is 0.757. The van der Waals surface area contributed by atoms with E-state index in [-0.39, 0.29) is 0 Å². The first-order valence-corrected chi connectivity index (χ1v) is 5.48. The van der Waals surface area contributed by atoms with Crippen LogP contribution in [0.15, 0.2) is 17.0 Å². The molecular formula is C9H10BrN3O. The molecule has 0 spiro atoms. The van der Waals surface area contributed by atoms with Gasteiger partial charge in [0.05, 0.1) is 31.1 Å².